The van der Waals surface area contributed by atoms with Crippen molar-refractivity contribution < 1.29 is 18.7 Å². The van der Waals surface area contributed by atoms with Crippen LogP contribution in [-0.4, -0.2) is 25.0 Å². The predicted molar refractivity (Wildman–Crippen MR) is 81.3 cm³/mol. The molecule has 0 bridgehead atoms. The molecule has 0 spiro atoms. The minimum absolute atomic E-state index is 0. The van der Waals surface area contributed by atoms with Crippen LogP contribution in [0.5, 0.6) is 0 Å². The first-order chi connectivity index (χ1) is 9.35. The van der Waals surface area contributed by atoms with Gasteiger partial charge >= 0.3 is 5.97 Å². The molecule has 0 saturated heterocycles. The Bertz CT molecular complexity index is 485. The molecule has 7 heteroatoms. The molecular formula is C14H23ClN2O4. The molecule has 0 unspecified atom stereocenters. The fourth-order valence-electron chi connectivity index (χ4n) is 1.86. The highest BCUT2D eigenvalue weighted by atomic mass is 35.5. The third-order valence-corrected chi connectivity index (χ3v) is 2.87. The van der Waals surface area contributed by atoms with Gasteiger partial charge in [-0.3, -0.25) is 4.79 Å². The topological polar surface area (TPSA) is 94.6 Å². The van der Waals surface area contributed by atoms with E-state index < -0.39 is 12.0 Å². The molecule has 1 aromatic rings. The van der Waals surface area contributed by atoms with Crippen molar-refractivity contribution in [2.75, 3.05) is 7.11 Å². The van der Waals surface area contributed by atoms with Gasteiger partial charge in [0.25, 0.3) is 0 Å². The Morgan fingerprint density at radius 3 is 2.57 bits per heavy atom. The van der Waals surface area contributed by atoms with Crippen molar-refractivity contribution in [3.05, 3.63) is 23.2 Å². The van der Waals surface area contributed by atoms with Crippen LogP contribution in [0.3, 0.4) is 0 Å². The Balaban J connectivity index is 0.00000400. The van der Waals surface area contributed by atoms with Crippen molar-refractivity contribution in [2.24, 2.45) is 11.7 Å². The number of furan rings is 1. The van der Waals surface area contributed by atoms with E-state index in [0.717, 1.165) is 0 Å². The van der Waals surface area contributed by atoms with Gasteiger partial charge in [-0.15, -0.1) is 12.4 Å². The number of nitrogens with one attached hydrogen (secondary N) is 1. The number of ether oxygens (including phenoxy) is 1. The van der Waals surface area contributed by atoms with Crippen LogP contribution in [0.4, 0.5) is 0 Å². The summed E-state index contributed by atoms with van der Waals surface area (Å²) in [6.07, 6.45) is 0.621. The van der Waals surface area contributed by atoms with E-state index in [1.165, 1.54) is 7.11 Å². The lowest BCUT2D eigenvalue weighted by atomic mass is 10.0. The van der Waals surface area contributed by atoms with Gasteiger partial charge in [-0.05, 0) is 25.3 Å². The summed E-state index contributed by atoms with van der Waals surface area (Å²) >= 11 is 0. The highest BCUT2D eigenvalue weighted by Crippen LogP contribution is 2.15. The van der Waals surface area contributed by atoms with Gasteiger partial charge in [0.2, 0.25) is 5.91 Å². The maximum Gasteiger partial charge on any atom is 0.341 e. The number of rotatable bonds is 6. The zero-order chi connectivity index (χ0) is 15.3. The molecule has 1 atom stereocenters. The summed E-state index contributed by atoms with van der Waals surface area (Å²) in [6, 6.07) is 1.03. The van der Waals surface area contributed by atoms with Gasteiger partial charge in [-0.25, -0.2) is 4.79 Å². The number of aryl methyl sites for hydroxylation is 1. The third-order valence-electron chi connectivity index (χ3n) is 2.87. The van der Waals surface area contributed by atoms with Crippen molar-refractivity contribution in [3.8, 4) is 0 Å². The van der Waals surface area contributed by atoms with Crippen molar-refractivity contribution >= 4 is 24.3 Å². The number of hydrogen-bond donors (Lipinski definition) is 2. The predicted octanol–water partition coefficient (Wildman–Crippen LogP) is 1.79. The number of amides is 1. The fraction of sp³-hybridized carbons (Fsp3) is 0.571. The molecule has 0 aliphatic heterocycles. The van der Waals surface area contributed by atoms with Crippen LogP contribution in [0.2, 0.25) is 0 Å². The number of hydrogen-bond acceptors (Lipinski definition) is 5. The first-order valence-corrected chi connectivity index (χ1v) is 6.56. The molecule has 0 fully saturated rings. The van der Waals surface area contributed by atoms with Crippen molar-refractivity contribution in [1.82, 2.24) is 5.32 Å². The summed E-state index contributed by atoms with van der Waals surface area (Å²) in [5.41, 5.74) is 6.13. The summed E-state index contributed by atoms with van der Waals surface area (Å²) in [4.78, 5) is 23.2. The number of esters is 1. The highest BCUT2D eigenvalue weighted by Gasteiger charge is 2.18. The van der Waals surface area contributed by atoms with E-state index in [4.69, 9.17) is 10.2 Å². The van der Waals surface area contributed by atoms with Gasteiger partial charge in [0.15, 0.2) is 0 Å². The van der Waals surface area contributed by atoms with Crippen molar-refractivity contribution in [2.45, 2.75) is 39.8 Å². The zero-order valence-corrected chi connectivity index (χ0v) is 13.6. The SMILES string of the molecule is COC(=O)c1cc(CNC(=O)[C@@H](N)CC(C)C)oc1C.Cl. The molecule has 0 aromatic carbocycles. The molecule has 0 radical (unpaired) electrons. The largest absolute Gasteiger partial charge is 0.465 e. The highest BCUT2D eigenvalue weighted by molar-refractivity contribution is 5.90. The zero-order valence-electron chi connectivity index (χ0n) is 12.8. The molecule has 120 valence electrons. The number of carbonyl (C=O) groups is 2. The van der Waals surface area contributed by atoms with E-state index in [-0.39, 0.29) is 24.9 Å². The maximum atomic E-state index is 11.8. The Morgan fingerprint density at radius 2 is 2.05 bits per heavy atom. The van der Waals surface area contributed by atoms with Crippen LogP contribution in [0, 0.1) is 12.8 Å². The lowest BCUT2D eigenvalue weighted by Gasteiger charge is -2.13. The second-order valence-corrected chi connectivity index (χ2v) is 5.13. The van der Waals surface area contributed by atoms with E-state index in [1.807, 2.05) is 13.8 Å². The number of carbonyl (C=O) groups excluding carboxylic acids is 2. The summed E-state index contributed by atoms with van der Waals surface area (Å²) in [7, 11) is 1.31. The number of methoxy groups -OCH3 is 1. The van der Waals surface area contributed by atoms with E-state index in [1.54, 1.807) is 13.0 Å². The van der Waals surface area contributed by atoms with Crippen LogP contribution in [0.15, 0.2) is 10.5 Å². The normalized spacial score (nSPS) is 11.7. The Labute approximate surface area is 130 Å². The van der Waals surface area contributed by atoms with Gasteiger partial charge in [-0.1, -0.05) is 13.8 Å². The number of halogens is 1. The minimum atomic E-state index is -0.536. The van der Waals surface area contributed by atoms with Crippen molar-refractivity contribution in [3.63, 3.8) is 0 Å². The molecule has 0 aliphatic carbocycles. The Hall–Kier alpha value is -1.53. The van der Waals surface area contributed by atoms with Crippen molar-refractivity contribution in [1.29, 1.82) is 0 Å². The quantitative estimate of drug-likeness (QED) is 0.780. The molecule has 6 nitrogen and oxygen atoms in total. The Kier molecular flexibility index (Phi) is 8.06. The first-order valence-electron chi connectivity index (χ1n) is 6.56. The molecule has 3 N–H and O–H groups in total. The molecule has 21 heavy (non-hydrogen) atoms. The van der Waals surface area contributed by atoms with Crippen LogP contribution in [0.25, 0.3) is 0 Å². The second kappa shape index (κ2) is 8.69. The first kappa shape index (κ1) is 19.5. The fourth-order valence-corrected chi connectivity index (χ4v) is 1.86. The minimum Gasteiger partial charge on any atom is -0.465 e. The van der Waals surface area contributed by atoms with E-state index in [9.17, 15) is 9.59 Å². The van der Waals surface area contributed by atoms with Gasteiger partial charge < -0.3 is 20.2 Å². The van der Waals surface area contributed by atoms with E-state index >= 15 is 0 Å². The molecule has 0 saturated carbocycles. The molecule has 1 amide bonds. The van der Waals surface area contributed by atoms with Crippen LogP contribution in [0.1, 0.15) is 42.1 Å². The smallest absolute Gasteiger partial charge is 0.341 e. The molecular weight excluding hydrogens is 296 g/mol. The molecule has 1 heterocycles. The average molecular weight is 319 g/mol. The maximum absolute atomic E-state index is 11.8. The van der Waals surface area contributed by atoms with E-state index in [2.05, 4.69) is 10.1 Å². The van der Waals surface area contributed by atoms with Crippen LogP contribution < -0.4 is 11.1 Å². The monoisotopic (exact) mass is 318 g/mol. The van der Waals surface area contributed by atoms with Gasteiger partial charge in [0.1, 0.15) is 17.1 Å². The summed E-state index contributed by atoms with van der Waals surface area (Å²) in [6.45, 7) is 5.88. The summed E-state index contributed by atoms with van der Waals surface area (Å²) in [5, 5.41) is 2.69. The standard InChI is InChI=1S/C14H22N2O4.ClH/c1-8(2)5-12(15)13(17)16-7-10-6-11(9(3)20-10)14(18)19-4;/h6,8,12H,5,7,15H2,1-4H3,(H,16,17);1H/t12-;/m0./s1. The Morgan fingerprint density at radius 1 is 1.43 bits per heavy atom. The third kappa shape index (κ3) is 5.77. The van der Waals surface area contributed by atoms with Crippen LogP contribution >= 0.6 is 12.4 Å². The molecule has 1 rings (SSSR count). The van der Waals surface area contributed by atoms with E-state index in [0.29, 0.717) is 29.4 Å². The van der Waals surface area contributed by atoms with Gasteiger partial charge in [0, 0.05) is 0 Å². The van der Waals surface area contributed by atoms with Gasteiger partial charge in [-0.2, -0.15) is 0 Å². The summed E-state index contributed by atoms with van der Waals surface area (Å²) in [5.74, 6) is 0.626. The van der Waals surface area contributed by atoms with Crippen LogP contribution in [-0.2, 0) is 16.1 Å². The second-order valence-electron chi connectivity index (χ2n) is 5.13. The summed E-state index contributed by atoms with van der Waals surface area (Å²) < 4.78 is 10.0. The molecule has 0 aliphatic rings. The lowest BCUT2D eigenvalue weighted by molar-refractivity contribution is -0.122. The van der Waals surface area contributed by atoms with Gasteiger partial charge in [0.05, 0.1) is 19.7 Å². The number of nitrogens with two attached hydrogens (primary N) is 1. The molecule has 1 aromatic heterocycles. The average Bonchev–Trinajstić information content (AvgIpc) is 2.75. The lowest BCUT2D eigenvalue weighted by Crippen LogP contribution is -2.40.